The highest BCUT2D eigenvalue weighted by Gasteiger charge is 2.09. The largest absolute Gasteiger partial charge is 0.313 e. The second-order valence-electron chi connectivity index (χ2n) is 4.01. The number of aryl methyl sites for hydroxylation is 1. The van der Waals surface area contributed by atoms with E-state index in [2.05, 4.69) is 59.9 Å². The molecule has 0 heterocycles. The molecule has 1 aromatic rings. The second kappa shape index (κ2) is 5.47. The van der Waals surface area contributed by atoms with Crippen LogP contribution >= 0.6 is 15.9 Å². The van der Waals surface area contributed by atoms with Gasteiger partial charge in [0.15, 0.2) is 0 Å². The molecule has 0 saturated heterocycles. The molecule has 0 bridgehead atoms. The van der Waals surface area contributed by atoms with E-state index in [1.807, 2.05) is 7.05 Å². The molecule has 0 aliphatic rings. The van der Waals surface area contributed by atoms with Gasteiger partial charge in [-0.05, 0) is 44.5 Å². The van der Waals surface area contributed by atoms with Crippen molar-refractivity contribution >= 4 is 15.9 Å². The van der Waals surface area contributed by atoms with E-state index in [0.29, 0.717) is 6.04 Å². The van der Waals surface area contributed by atoms with Gasteiger partial charge in [0.1, 0.15) is 0 Å². The van der Waals surface area contributed by atoms with Crippen LogP contribution in [0.1, 0.15) is 30.5 Å². The minimum absolute atomic E-state index is 0.361. The van der Waals surface area contributed by atoms with Crippen LogP contribution in [0.5, 0.6) is 0 Å². The average molecular weight is 268 g/mol. The van der Waals surface area contributed by atoms with Gasteiger partial charge in [-0.2, -0.15) is 0 Å². The van der Waals surface area contributed by atoms with Crippen molar-refractivity contribution in [3.05, 3.63) is 46.0 Å². The molecule has 1 nitrogen and oxygen atoms in total. The van der Waals surface area contributed by atoms with Gasteiger partial charge in [0.2, 0.25) is 0 Å². The van der Waals surface area contributed by atoms with Crippen molar-refractivity contribution in [1.29, 1.82) is 0 Å². The Bertz CT molecular complexity index is 358. The average Bonchev–Trinajstić information content (AvgIpc) is 2.18. The molecule has 1 atom stereocenters. The molecule has 15 heavy (non-hydrogen) atoms. The van der Waals surface area contributed by atoms with E-state index in [1.165, 1.54) is 21.2 Å². The molecule has 1 rings (SSSR count). The number of nitrogens with one attached hydrogen (secondary N) is 1. The molecule has 1 aromatic carbocycles. The van der Waals surface area contributed by atoms with Crippen LogP contribution in [0.4, 0.5) is 0 Å². The van der Waals surface area contributed by atoms with Gasteiger partial charge >= 0.3 is 0 Å². The molecule has 0 saturated carbocycles. The minimum Gasteiger partial charge on any atom is -0.313 e. The predicted molar refractivity (Wildman–Crippen MR) is 70.1 cm³/mol. The quantitative estimate of drug-likeness (QED) is 0.814. The summed E-state index contributed by atoms with van der Waals surface area (Å²) in [7, 11) is 1.99. The van der Waals surface area contributed by atoms with E-state index in [9.17, 15) is 0 Å². The molecule has 0 radical (unpaired) electrons. The predicted octanol–water partition coefficient (Wildman–Crippen LogP) is 3.98. The monoisotopic (exact) mass is 267 g/mol. The summed E-state index contributed by atoms with van der Waals surface area (Å²) in [6.07, 6.45) is 0.978. The fourth-order valence-corrected chi connectivity index (χ4v) is 1.96. The maximum Gasteiger partial charge on any atom is 0.0355 e. The molecular weight excluding hydrogens is 250 g/mol. The maximum absolute atomic E-state index is 3.96. The lowest BCUT2D eigenvalue weighted by atomic mass is 9.99. The van der Waals surface area contributed by atoms with Crippen molar-refractivity contribution in [2.75, 3.05) is 7.05 Å². The van der Waals surface area contributed by atoms with Crippen LogP contribution < -0.4 is 5.32 Å². The molecule has 1 N–H and O–H groups in total. The summed E-state index contributed by atoms with van der Waals surface area (Å²) in [5.41, 5.74) is 3.77. The highest BCUT2D eigenvalue weighted by molar-refractivity contribution is 9.10. The van der Waals surface area contributed by atoms with E-state index in [1.54, 1.807) is 0 Å². The van der Waals surface area contributed by atoms with Crippen LogP contribution in [0.2, 0.25) is 0 Å². The smallest absolute Gasteiger partial charge is 0.0355 e. The Hall–Kier alpha value is -0.600. The SMILES string of the molecule is C=C(C)CC(NC)c1ccc(C)c(Br)c1. The van der Waals surface area contributed by atoms with Crippen LogP contribution in [0, 0.1) is 6.92 Å². The van der Waals surface area contributed by atoms with Crippen LogP contribution in [0.3, 0.4) is 0 Å². The Morgan fingerprint density at radius 1 is 1.53 bits per heavy atom. The van der Waals surface area contributed by atoms with Gasteiger partial charge in [-0.25, -0.2) is 0 Å². The Morgan fingerprint density at radius 3 is 2.67 bits per heavy atom. The maximum atomic E-state index is 3.96. The first-order valence-corrected chi connectivity index (χ1v) is 5.91. The van der Waals surface area contributed by atoms with Gasteiger partial charge in [-0.1, -0.05) is 33.6 Å². The molecule has 0 aliphatic carbocycles. The van der Waals surface area contributed by atoms with Crippen LogP contribution in [-0.2, 0) is 0 Å². The lowest BCUT2D eigenvalue weighted by molar-refractivity contribution is 0.589. The van der Waals surface area contributed by atoms with Crippen molar-refractivity contribution in [2.45, 2.75) is 26.3 Å². The first kappa shape index (κ1) is 12.5. The van der Waals surface area contributed by atoms with Gasteiger partial charge in [-0.3, -0.25) is 0 Å². The molecule has 82 valence electrons. The highest BCUT2D eigenvalue weighted by Crippen LogP contribution is 2.25. The summed E-state index contributed by atoms with van der Waals surface area (Å²) < 4.78 is 1.17. The molecule has 1 unspecified atom stereocenters. The lowest BCUT2D eigenvalue weighted by Gasteiger charge is -2.17. The van der Waals surface area contributed by atoms with Gasteiger partial charge < -0.3 is 5.32 Å². The van der Waals surface area contributed by atoms with E-state index < -0.39 is 0 Å². The number of rotatable bonds is 4. The zero-order valence-electron chi connectivity index (χ0n) is 9.60. The Balaban J connectivity index is 2.92. The van der Waals surface area contributed by atoms with Gasteiger partial charge in [0.25, 0.3) is 0 Å². The number of benzene rings is 1. The van der Waals surface area contributed by atoms with Gasteiger partial charge in [0, 0.05) is 10.5 Å². The molecule has 0 aliphatic heterocycles. The lowest BCUT2D eigenvalue weighted by Crippen LogP contribution is -2.16. The second-order valence-corrected chi connectivity index (χ2v) is 4.87. The normalized spacial score (nSPS) is 12.5. The molecule has 0 fully saturated rings. The zero-order valence-corrected chi connectivity index (χ0v) is 11.2. The van der Waals surface area contributed by atoms with Gasteiger partial charge in [0.05, 0.1) is 0 Å². The molecule has 2 heteroatoms. The molecular formula is C13H18BrN. The Kier molecular flexibility index (Phi) is 4.55. The van der Waals surface area contributed by atoms with Crippen molar-refractivity contribution < 1.29 is 0 Å². The molecule has 0 aromatic heterocycles. The van der Waals surface area contributed by atoms with Crippen LogP contribution in [0.15, 0.2) is 34.8 Å². The summed E-state index contributed by atoms with van der Waals surface area (Å²) in [5, 5.41) is 3.31. The fraction of sp³-hybridized carbons (Fsp3) is 0.385. The van der Waals surface area contributed by atoms with Crippen molar-refractivity contribution in [3.63, 3.8) is 0 Å². The number of hydrogen-bond acceptors (Lipinski definition) is 1. The fourth-order valence-electron chi connectivity index (χ4n) is 1.56. The summed E-state index contributed by atoms with van der Waals surface area (Å²) in [6.45, 7) is 8.12. The number of hydrogen-bond donors (Lipinski definition) is 1. The standard InChI is InChI=1S/C13H18BrN/c1-9(2)7-13(15-4)11-6-5-10(3)12(14)8-11/h5-6,8,13,15H,1,7H2,2-4H3. The first-order valence-electron chi connectivity index (χ1n) is 5.12. The molecule has 0 spiro atoms. The third kappa shape index (κ3) is 3.47. The van der Waals surface area contributed by atoms with Crippen LogP contribution in [-0.4, -0.2) is 7.05 Å². The summed E-state index contributed by atoms with van der Waals surface area (Å²) in [6, 6.07) is 6.85. The first-order chi connectivity index (χ1) is 7.04. The van der Waals surface area contributed by atoms with Crippen molar-refractivity contribution in [2.24, 2.45) is 0 Å². The zero-order chi connectivity index (χ0) is 11.4. The van der Waals surface area contributed by atoms with Crippen LogP contribution in [0.25, 0.3) is 0 Å². The van der Waals surface area contributed by atoms with Gasteiger partial charge in [-0.15, -0.1) is 6.58 Å². The number of halogens is 1. The summed E-state index contributed by atoms with van der Waals surface area (Å²) in [5.74, 6) is 0. The topological polar surface area (TPSA) is 12.0 Å². The van der Waals surface area contributed by atoms with Crippen molar-refractivity contribution in [3.8, 4) is 0 Å². The Labute approximate surface area is 101 Å². The Morgan fingerprint density at radius 2 is 2.20 bits per heavy atom. The molecule has 0 amide bonds. The van der Waals surface area contributed by atoms with E-state index in [4.69, 9.17) is 0 Å². The van der Waals surface area contributed by atoms with Crippen molar-refractivity contribution in [1.82, 2.24) is 5.32 Å². The summed E-state index contributed by atoms with van der Waals surface area (Å²) >= 11 is 3.56. The highest BCUT2D eigenvalue weighted by atomic mass is 79.9. The van der Waals surface area contributed by atoms with E-state index >= 15 is 0 Å². The summed E-state index contributed by atoms with van der Waals surface area (Å²) in [4.78, 5) is 0. The minimum atomic E-state index is 0.361. The van der Waals surface area contributed by atoms with E-state index in [0.717, 1.165) is 6.42 Å². The third-order valence-electron chi connectivity index (χ3n) is 2.50. The third-order valence-corrected chi connectivity index (χ3v) is 3.35. The van der Waals surface area contributed by atoms with E-state index in [-0.39, 0.29) is 0 Å².